The van der Waals surface area contributed by atoms with Crippen molar-refractivity contribution in [3.63, 3.8) is 0 Å². The van der Waals surface area contributed by atoms with Gasteiger partial charge < -0.3 is 19.9 Å². The summed E-state index contributed by atoms with van der Waals surface area (Å²) >= 11 is 5.16. The lowest BCUT2D eigenvalue weighted by molar-refractivity contribution is 0.0526. The first kappa shape index (κ1) is 15.0. The van der Waals surface area contributed by atoms with E-state index in [0.717, 1.165) is 5.69 Å². The average Bonchev–Trinajstić information content (AvgIpc) is 2.85. The van der Waals surface area contributed by atoms with Gasteiger partial charge in [-0.15, -0.1) is 0 Å². The third-order valence-electron chi connectivity index (χ3n) is 2.52. The number of anilines is 2. The van der Waals surface area contributed by atoms with Crippen molar-refractivity contribution >= 4 is 34.8 Å². The van der Waals surface area contributed by atoms with Crippen LogP contribution in [0.15, 0.2) is 34.9 Å². The number of ether oxygens (including phenoxy) is 1. The van der Waals surface area contributed by atoms with Crippen molar-refractivity contribution in [3.8, 4) is 0 Å². The molecule has 21 heavy (non-hydrogen) atoms. The van der Waals surface area contributed by atoms with E-state index in [9.17, 15) is 4.79 Å². The summed E-state index contributed by atoms with van der Waals surface area (Å²) in [6.07, 6.45) is 0. The predicted molar refractivity (Wildman–Crippen MR) is 83.5 cm³/mol. The number of thiocarbonyl (C=S) groups is 1. The first-order valence-electron chi connectivity index (χ1n) is 6.37. The molecule has 0 atom stereocenters. The molecule has 0 bridgehead atoms. The lowest BCUT2D eigenvalue weighted by atomic mass is 10.2. The monoisotopic (exact) mass is 305 g/mol. The highest BCUT2D eigenvalue weighted by atomic mass is 32.1. The summed E-state index contributed by atoms with van der Waals surface area (Å²) in [4.78, 5) is 11.5. The van der Waals surface area contributed by atoms with Gasteiger partial charge in [-0.25, -0.2) is 4.79 Å². The zero-order valence-electron chi connectivity index (χ0n) is 11.7. The van der Waals surface area contributed by atoms with Crippen molar-refractivity contribution in [2.24, 2.45) is 0 Å². The summed E-state index contributed by atoms with van der Waals surface area (Å²) in [5.74, 6) is 0.884. The van der Waals surface area contributed by atoms with Crippen molar-refractivity contribution in [2.75, 3.05) is 17.2 Å². The number of rotatable bonds is 4. The van der Waals surface area contributed by atoms with Gasteiger partial charge in [-0.3, -0.25) is 0 Å². The van der Waals surface area contributed by atoms with Crippen molar-refractivity contribution < 1.29 is 14.1 Å². The molecule has 0 aliphatic heterocycles. The molecule has 2 N–H and O–H groups in total. The highest BCUT2D eigenvalue weighted by Gasteiger charge is 2.07. The minimum atomic E-state index is -0.345. The Bertz CT molecular complexity index is 637. The molecule has 0 radical (unpaired) electrons. The Labute approximate surface area is 127 Å². The normalized spacial score (nSPS) is 10.0. The number of hydrogen-bond acceptors (Lipinski definition) is 5. The van der Waals surface area contributed by atoms with Crippen LogP contribution in [0.1, 0.15) is 23.0 Å². The Morgan fingerprint density at radius 3 is 2.62 bits per heavy atom. The van der Waals surface area contributed by atoms with Gasteiger partial charge in [-0.1, -0.05) is 5.16 Å². The van der Waals surface area contributed by atoms with E-state index in [-0.39, 0.29) is 5.97 Å². The highest BCUT2D eigenvalue weighted by Crippen LogP contribution is 2.12. The first-order valence-corrected chi connectivity index (χ1v) is 6.78. The number of hydrogen-bond donors (Lipinski definition) is 2. The van der Waals surface area contributed by atoms with Gasteiger partial charge >= 0.3 is 5.97 Å². The third kappa shape index (κ3) is 4.28. The fourth-order valence-electron chi connectivity index (χ4n) is 1.61. The standard InChI is InChI=1S/C14H15N3O3S/c1-3-19-13(18)10-4-6-11(7-5-10)15-14(21)16-12-8-9(2)20-17-12/h4-8H,3H2,1-2H3,(H2,15,16,17,21). The maximum atomic E-state index is 11.5. The molecule has 6 nitrogen and oxygen atoms in total. The first-order chi connectivity index (χ1) is 10.1. The van der Waals surface area contributed by atoms with Gasteiger partial charge in [-0.05, 0) is 50.3 Å². The van der Waals surface area contributed by atoms with E-state index in [0.29, 0.717) is 28.9 Å². The molecule has 0 saturated heterocycles. The molecule has 1 heterocycles. The van der Waals surface area contributed by atoms with Crippen molar-refractivity contribution in [3.05, 3.63) is 41.7 Å². The Morgan fingerprint density at radius 2 is 2.05 bits per heavy atom. The Kier molecular flexibility index (Phi) is 4.89. The number of nitrogens with zero attached hydrogens (tertiary/aromatic N) is 1. The molecule has 0 unspecified atom stereocenters. The number of benzene rings is 1. The van der Waals surface area contributed by atoms with E-state index >= 15 is 0 Å². The fraction of sp³-hybridized carbons (Fsp3) is 0.214. The Balaban J connectivity index is 1.93. The van der Waals surface area contributed by atoms with Crippen LogP contribution in [0.2, 0.25) is 0 Å². The van der Waals surface area contributed by atoms with E-state index in [1.165, 1.54) is 0 Å². The van der Waals surface area contributed by atoms with Crippen LogP contribution in [0.3, 0.4) is 0 Å². The van der Waals surface area contributed by atoms with Crippen molar-refractivity contribution in [2.45, 2.75) is 13.8 Å². The van der Waals surface area contributed by atoms with Crippen LogP contribution >= 0.6 is 12.2 Å². The lowest BCUT2D eigenvalue weighted by Crippen LogP contribution is -2.19. The number of carbonyl (C=O) groups excluding carboxylic acids is 1. The number of aromatic nitrogens is 1. The van der Waals surface area contributed by atoms with E-state index in [1.807, 2.05) is 0 Å². The van der Waals surface area contributed by atoms with Gasteiger partial charge in [0.15, 0.2) is 10.9 Å². The molecule has 7 heteroatoms. The van der Waals surface area contributed by atoms with Gasteiger partial charge in [0, 0.05) is 11.8 Å². The predicted octanol–water partition coefficient (Wildman–Crippen LogP) is 2.97. The third-order valence-corrected chi connectivity index (χ3v) is 2.73. The lowest BCUT2D eigenvalue weighted by Gasteiger charge is -2.08. The SMILES string of the molecule is CCOC(=O)c1ccc(NC(=S)Nc2cc(C)on2)cc1. The minimum absolute atomic E-state index is 0.345. The second-order valence-electron chi connectivity index (χ2n) is 4.20. The van der Waals surface area contributed by atoms with Gasteiger partial charge in [0.05, 0.1) is 12.2 Å². The zero-order chi connectivity index (χ0) is 15.2. The molecule has 1 aromatic carbocycles. The fourth-order valence-corrected chi connectivity index (χ4v) is 1.83. The molecule has 1 aromatic heterocycles. The van der Waals surface area contributed by atoms with Gasteiger partial charge in [0.1, 0.15) is 5.76 Å². The molecule has 0 amide bonds. The summed E-state index contributed by atoms with van der Waals surface area (Å²) in [6.45, 7) is 3.91. The average molecular weight is 305 g/mol. The second kappa shape index (κ2) is 6.85. The van der Waals surface area contributed by atoms with Gasteiger partial charge in [0.25, 0.3) is 0 Å². The van der Waals surface area contributed by atoms with Crippen molar-refractivity contribution in [1.29, 1.82) is 0 Å². The molecule has 2 aromatic rings. The Hall–Kier alpha value is -2.41. The molecular weight excluding hydrogens is 290 g/mol. The number of aryl methyl sites for hydroxylation is 1. The van der Waals surface area contributed by atoms with Crippen LogP contribution in [0.25, 0.3) is 0 Å². The summed E-state index contributed by atoms with van der Waals surface area (Å²) in [5.41, 5.74) is 1.24. The van der Waals surface area contributed by atoms with E-state index in [4.69, 9.17) is 21.5 Å². The largest absolute Gasteiger partial charge is 0.462 e. The quantitative estimate of drug-likeness (QED) is 0.664. The maximum absolute atomic E-state index is 11.5. The minimum Gasteiger partial charge on any atom is -0.462 e. The molecule has 0 saturated carbocycles. The summed E-state index contributed by atoms with van der Waals surface area (Å²) in [6, 6.07) is 8.56. The summed E-state index contributed by atoms with van der Waals surface area (Å²) < 4.78 is 9.84. The molecular formula is C14H15N3O3S. The molecule has 110 valence electrons. The van der Waals surface area contributed by atoms with E-state index < -0.39 is 0 Å². The molecule has 0 aliphatic rings. The van der Waals surface area contributed by atoms with Crippen LogP contribution in [0.4, 0.5) is 11.5 Å². The highest BCUT2D eigenvalue weighted by molar-refractivity contribution is 7.80. The Morgan fingerprint density at radius 1 is 1.33 bits per heavy atom. The van der Waals surface area contributed by atoms with Gasteiger partial charge in [0.2, 0.25) is 0 Å². The van der Waals surface area contributed by atoms with Crippen LogP contribution < -0.4 is 10.6 Å². The van der Waals surface area contributed by atoms with Crippen LogP contribution in [0, 0.1) is 6.92 Å². The summed E-state index contributed by atoms with van der Waals surface area (Å²) in [7, 11) is 0. The smallest absolute Gasteiger partial charge is 0.338 e. The van der Waals surface area contributed by atoms with Crippen LogP contribution in [-0.2, 0) is 4.74 Å². The molecule has 0 spiro atoms. The van der Waals surface area contributed by atoms with Crippen molar-refractivity contribution in [1.82, 2.24) is 5.16 Å². The topological polar surface area (TPSA) is 76.4 Å². The maximum Gasteiger partial charge on any atom is 0.338 e. The molecule has 0 aliphatic carbocycles. The van der Waals surface area contributed by atoms with Crippen LogP contribution in [-0.4, -0.2) is 22.8 Å². The van der Waals surface area contributed by atoms with E-state index in [2.05, 4.69) is 15.8 Å². The molecule has 0 fully saturated rings. The number of esters is 1. The summed E-state index contributed by atoms with van der Waals surface area (Å²) in [5, 5.41) is 10.0. The second-order valence-corrected chi connectivity index (χ2v) is 4.61. The molecule has 2 rings (SSSR count). The zero-order valence-corrected chi connectivity index (χ0v) is 12.5. The van der Waals surface area contributed by atoms with Crippen LogP contribution in [0.5, 0.6) is 0 Å². The number of nitrogens with one attached hydrogen (secondary N) is 2. The van der Waals surface area contributed by atoms with Gasteiger partial charge in [-0.2, -0.15) is 0 Å². The number of carbonyl (C=O) groups is 1. The van der Waals surface area contributed by atoms with E-state index in [1.54, 1.807) is 44.2 Å².